The highest BCUT2D eigenvalue weighted by Crippen LogP contribution is 2.35. The van der Waals surface area contributed by atoms with Gasteiger partial charge in [0.15, 0.2) is 6.29 Å². The van der Waals surface area contributed by atoms with Crippen molar-refractivity contribution in [2.75, 3.05) is 26.4 Å². The first kappa shape index (κ1) is 40.0. The van der Waals surface area contributed by atoms with Gasteiger partial charge in [0, 0.05) is 20.3 Å². The maximum Gasteiger partial charge on any atom is 0.364 e. The largest absolute Gasteiger partial charge is 0.477 e. The summed E-state index contributed by atoms with van der Waals surface area (Å²) in [5.74, 6) is -6.20. The summed E-state index contributed by atoms with van der Waals surface area (Å²) in [6, 6.07) is -2.96. The molecule has 15 atom stereocenters. The van der Waals surface area contributed by atoms with Crippen molar-refractivity contribution in [1.82, 2.24) is 10.6 Å². The zero-order valence-corrected chi connectivity index (χ0v) is 24.8. The molecule has 0 bridgehead atoms. The highest BCUT2D eigenvalue weighted by atomic mass is 16.7. The van der Waals surface area contributed by atoms with Crippen molar-refractivity contribution in [2.45, 2.75) is 112 Å². The minimum absolute atomic E-state index is 0.702. The highest BCUT2D eigenvalue weighted by Gasteiger charge is 2.57. The number of carboxylic acids is 1. The molecule has 2 aliphatic heterocycles. The Morgan fingerprint density at radius 1 is 0.891 bits per heavy atom. The monoisotopic (exact) mass is 676 g/mol. The van der Waals surface area contributed by atoms with Crippen molar-refractivity contribution in [3.8, 4) is 0 Å². The van der Waals surface area contributed by atoms with Gasteiger partial charge in [-0.3, -0.25) is 9.59 Å². The van der Waals surface area contributed by atoms with E-state index in [1.807, 2.05) is 0 Å². The van der Waals surface area contributed by atoms with Crippen LogP contribution in [0.25, 0.3) is 0 Å². The zero-order valence-electron chi connectivity index (χ0n) is 24.8. The standard InChI is InChI=1S/C25H44N2O19/c1-8(31)26-10(4-28)16(36)21(13(35)6-30)45-23-20(40)19(39)18(38)14(44-23)7-43-25(24(41)42)3-11(33)15(27-9(2)32)22(46-25)17(37)12(34)5-29/h10-23,28-30,33-40H,3-7H2,1-2H3,(H,26,31)(H,27,32)(H,41,42)/t10-,11-,12+,13+,14+,15+,16+,17+,18-,19-,20+,21+,22+,23-,25+/m0/s1. The molecule has 0 spiro atoms. The number of nitrogens with one attached hydrogen (secondary N) is 2. The number of ether oxygens (including phenoxy) is 4. The summed E-state index contributed by atoms with van der Waals surface area (Å²) in [4.78, 5) is 35.6. The molecule has 0 aromatic heterocycles. The van der Waals surface area contributed by atoms with E-state index in [0.29, 0.717) is 0 Å². The second-order valence-electron chi connectivity index (χ2n) is 11.0. The number of carbonyl (C=O) groups excluding carboxylic acids is 2. The minimum atomic E-state index is -2.87. The van der Waals surface area contributed by atoms with Gasteiger partial charge >= 0.3 is 5.97 Å². The van der Waals surface area contributed by atoms with E-state index in [0.717, 1.165) is 13.8 Å². The van der Waals surface area contributed by atoms with E-state index in [2.05, 4.69) is 10.6 Å². The normalized spacial score (nSPS) is 35.7. The van der Waals surface area contributed by atoms with Crippen LogP contribution < -0.4 is 10.6 Å². The van der Waals surface area contributed by atoms with Crippen LogP contribution >= 0.6 is 0 Å². The van der Waals surface area contributed by atoms with Crippen LogP contribution in [-0.4, -0.2) is 197 Å². The number of aliphatic hydroxyl groups is 11. The SMILES string of the molecule is CC(=O)N[C@H]1[C@H]([C@H](O)[C@H](O)CO)O[C@@](OC[C@H]2O[C@@H](O[C@@H]([C@H](O)[C@H](CO)NC(C)=O)[C@H](O)CO)[C@H](O)[C@@H](O)[C@H]2O)(C(=O)O)C[C@@H]1O. The molecule has 0 radical (unpaired) electrons. The molecule has 0 aromatic rings. The molecule has 0 saturated carbocycles. The Morgan fingerprint density at radius 2 is 1.50 bits per heavy atom. The minimum Gasteiger partial charge on any atom is -0.477 e. The lowest BCUT2D eigenvalue weighted by molar-refractivity contribution is -0.348. The molecule has 268 valence electrons. The summed E-state index contributed by atoms with van der Waals surface area (Å²) in [6.07, 6.45) is -24.4. The van der Waals surface area contributed by atoms with Crippen LogP contribution in [0.3, 0.4) is 0 Å². The van der Waals surface area contributed by atoms with E-state index in [9.17, 15) is 75.7 Å². The Bertz CT molecular complexity index is 1010. The van der Waals surface area contributed by atoms with Gasteiger partial charge in [0.05, 0.1) is 44.6 Å². The summed E-state index contributed by atoms with van der Waals surface area (Å²) < 4.78 is 21.7. The number of carboxylic acid groups (broad SMARTS) is 1. The predicted molar refractivity (Wildman–Crippen MR) is 144 cm³/mol. The predicted octanol–water partition coefficient (Wildman–Crippen LogP) is -8.44. The maximum absolute atomic E-state index is 12.4. The van der Waals surface area contributed by atoms with Gasteiger partial charge in [-0.05, 0) is 0 Å². The summed E-state index contributed by atoms with van der Waals surface area (Å²) in [5.41, 5.74) is 0. The van der Waals surface area contributed by atoms with Crippen molar-refractivity contribution >= 4 is 17.8 Å². The Hall–Kier alpha value is -2.19. The van der Waals surface area contributed by atoms with E-state index >= 15 is 0 Å². The van der Waals surface area contributed by atoms with Gasteiger partial charge in [-0.25, -0.2) is 4.79 Å². The number of hydrogen-bond donors (Lipinski definition) is 14. The molecule has 2 heterocycles. The van der Waals surface area contributed by atoms with Crippen LogP contribution in [0.5, 0.6) is 0 Å². The molecule has 21 nitrogen and oxygen atoms in total. The molecule has 2 rings (SSSR count). The van der Waals surface area contributed by atoms with E-state index in [4.69, 9.17) is 18.9 Å². The Labute approximate surface area is 261 Å². The van der Waals surface area contributed by atoms with Crippen LogP contribution in [0, 0.1) is 0 Å². The average molecular weight is 677 g/mol. The van der Waals surface area contributed by atoms with Gasteiger partial charge < -0.3 is 90.9 Å². The zero-order chi connectivity index (χ0) is 35.1. The second-order valence-corrected chi connectivity index (χ2v) is 11.0. The van der Waals surface area contributed by atoms with Crippen LogP contribution in [0.2, 0.25) is 0 Å². The smallest absolute Gasteiger partial charge is 0.364 e. The summed E-state index contributed by atoms with van der Waals surface area (Å²) in [7, 11) is 0. The molecule has 0 aliphatic carbocycles. The van der Waals surface area contributed by atoms with Gasteiger partial charge in [0.2, 0.25) is 11.8 Å². The number of amides is 2. The Morgan fingerprint density at radius 3 is 2.00 bits per heavy atom. The first-order chi connectivity index (χ1) is 21.4. The van der Waals surface area contributed by atoms with Crippen molar-refractivity contribution in [3.63, 3.8) is 0 Å². The van der Waals surface area contributed by atoms with Crippen molar-refractivity contribution in [1.29, 1.82) is 0 Å². The van der Waals surface area contributed by atoms with E-state index in [1.165, 1.54) is 0 Å². The van der Waals surface area contributed by atoms with Gasteiger partial charge in [-0.15, -0.1) is 0 Å². The maximum atomic E-state index is 12.4. The molecule has 2 saturated heterocycles. The van der Waals surface area contributed by atoms with Crippen LogP contribution in [0.1, 0.15) is 20.3 Å². The second kappa shape index (κ2) is 17.3. The van der Waals surface area contributed by atoms with Crippen LogP contribution in [0.15, 0.2) is 0 Å². The van der Waals surface area contributed by atoms with Gasteiger partial charge in [0.25, 0.3) is 5.79 Å². The summed E-state index contributed by atoms with van der Waals surface area (Å²) in [6.45, 7) is -1.86. The molecule has 2 fully saturated rings. The Balaban J connectivity index is 2.34. The molecule has 46 heavy (non-hydrogen) atoms. The summed E-state index contributed by atoms with van der Waals surface area (Å²) >= 11 is 0. The quantitative estimate of drug-likeness (QED) is 0.0721. The van der Waals surface area contributed by atoms with Crippen LogP contribution in [0.4, 0.5) is 0 Å². The molecule has 0 unspecified atom stereocenters. The first-order valence-electron chi connectivity index (χ1n) is 14.1. The van der Waals surface area contributed by atoms with Crippen molar-refractivity contribution in [3.05, 3.63) is 0 Å². The topological polar surface area (TPSA) is 355 Å². The van der Waals surface area contributed by atoms with E-state index in [-0.39, 0.29) is 0 Å². The fraction of sp³-hybridized carbons (Fsp3) is 0.880. The third kappa shape index (κ3) is 9.46. The van der Waals surface area contributed by atoms with Gasteiger partial charge in [0.1, 0.15) is 61.0 Å². The number of aliphatic carboxylic acids is 1. The highest BCUT2D eigenvalue weighted by molar-refractivity contribution is 5.76. The average Bonchev–Trinajstić information content (AvgIpc) is 3.00. The van der Waals surface area contributed by atoms with Crippen molar-refractivity contribution < 1.29 is 94.6 Å². The first-order valence-corrected chi connectivity index (χ1v) is 14.1. The fourth-order valence-corrected chi connectivity index (χ4v) is 5.05. The molecular weight excluding hydrogens is 632 g/mol. The molecular formula is C25H44N2O19. The number of rotatable bonds is 16. The molecule has 2 amide bonds. The van der Waals surface area contributed by atoms with Gasteiger partial charge in [-0.2, -0.15) is 0 Å². The third-order valence-electron chi connectivity index (χ3n) is 7.53. The number of hydrogen-bond acceptors (Lipinski definition) is 18. The van der Waals surface area contributed by atoms with E-state index < -0.39 is 142 Å². The molecule has 14 N–H and O–H groups in total. The number of carbonyl (C=O) groups is 3. The van der Waals surface area contributed by atoms with E-state index in [1.54, 1.807) is 0 Å². The lowest BCUT2D eigenvalue weighted by Crippen LogP contribution is -2.68. The molecule has 21 heteroatoms. The third-order valence-corrected chi connectivity index (χ3v) is 7.53. The van der Waals surface area contributed by atoms with Crippen LogP contribution in [-0.2, 0) is 33.3 Å². The lowest BCUT2D eigenvalue weighted by Gasteiger charge is -2.47. The number of aliphatic hydroxyl groups excluding tert-OH is 11. The molecule has 2 aliphatic rings. The van der Waals surface area contributed by atoms with Gasteiger partial charge in [-0.1, -0.05) is 0 Å². The van der Waals surface area contributed by atoms with Crippen molar-refractivity contribution in [2.24, 2.45) is 0 Å². The fourth-order valence-electron chi connectivity index (χ4n) is 5.05. The lowest BCUT2D eigenvalue weighted by atomic mass is 9.88. The molecule has 0 aromatic carbocycles. The summed E-state index contributed by atoms with van der Waals surface area (Å²) in [5, 5.41) is 127. The Kier molecular flexibility index (Phi) is 15.0.